The monoisotopic (exact) mass is 503 g/mol. The van der Waals surface area contributed by atoms with Crippen molar-refractivity contribution in [1.82, 2.24) is 20.4 Å². The van der Waals surface area contributed by atoms with Crippen molar-refractivity contribution in [2.45, 2.75) is 33.4 Å². The summed E-state index contributed by atoms with van der Waals surface area (Å²) >= 11 is 0. The molecule has 1 aliphatic rings. The number of fused-ring (bicyclic) bond motifs is 1. The summed E-state index contributed by atoms with van der Waals surface area (Å²) in [5, 5.41) is 11.0. The molecule has 0 atom stereocenters. The van der Waals surface area contributed by atoms with Gasteiger partial charge in [-0.15, -0.1) is 24.0 Å². The Bertz CT molecular complexity index is 853. The van der Waals surface area contributed by atoms with Gasteiger partial charge in [-0.1, -0.05) is 0 Å². The topological polar surface area (TPSA) is 72.7 Å². The third-order valence-corrected chi connectivity index (χ3v) is 4.75. The number of aryl methyl sites for hydroxylation is 2. The lowest BCUT2D eigenvalue weighted by Gasteiger charge is -2.21. The molecule has 0 fully saturated rings. The Kier molecular flexibility index (Phi) is 8.05. The summed E-state index contributed by atoms with van der Waals surface area (Å²) in [6.07, 6.45) is 0.617. The zero-order valence-corrected chi connectivity index (χ0v) is 19.0. The van der Waals surface area contributed by atoms with Crippen LogP contribution in [-0.2, 0) is 31.4 Å². The average molecular weight is 503 g/mol. The lowest BCUT2D eigenvalue weighted by Crippen LogP contribution is -2.38. The molecule has 2 aromatic rings. The third-order valence-electron chi connectivity index (χ3n) is 4.75. The van der Waals surface area contributed by atoms with Crippen LogP contribution >= 0.6 is 24.0 Å². The summed E-state index contributed by atoms with van der Waals surface area (Å²) in [6.45, 7) is 5.86. The van der Waals surface area contributed by atoms with Crippen LogP contribution in [0.25, 0.3) is 0 Å². The third kappa shape index (κ3) is 5.13. The molecule has 0 saturated carbocycles. The van der Waals surface area contributed by atoms with Gasteiger partial charge in [-0.3, -0.25) is 9.67 Å². The molecule has 0 bridgehead atoms. The minimum absolute atomic E-state index is 0. The standard InChI is InChI=1S/C19H26FN5O2.HI/c1-12-17(13(2)25(4)24-12)9-23-19(21-3)22-6-5-14-7-16(20)8-15-10-26-11-27-18(14)15;/h7-8H,5-6,9-11H2,1-4H3,(H2,21,22,23);1H. The smallest absolute Gasteiger partial charge is 0.191 e. The minimum Gasteiger partial charge on any atom is -0.467 e. The van der Waals surface area contributed by atoms with Crippen molar-refractivity contribution in [3.8, 4) is 5.75 Å². The first kappa shape index (κ1) is 22.4. The molecular weight excluding hydrogens is 476 g/mol. The van der Waals surface area contributed by atoms with E-state index in [1.807, 2.05) is 25.6 Å². The van der Waals surface area contributed by atoms with Gasteiger partial charge in [0.15, 0.2) is 12.8 Å². The highest BCUT2D eigenvalue weighted by Crippen LogP contribution is 2.29. The quantitative estimate of drug-likeness (QED) is 0.373. The molecule has 0 amide bonds. The Morgan fingerprint density at radius 3 is 2.79 bits per heavy atom. The van der Waals surface area contributed by atoms with E-state index >= 15 is 0 Å². The van der Waals surface area contributed by atoms with Crippen molar-refractivity contribution >= 4 is 29.9 Å². The van der Waals surface area contributed by atoms with Crippen LogP contribution in [0.15, 0.2) is 17.1 Å². The van der Waals surface area contributed by atoms with Gasteiger partial charge in [0.1, 0.15) is 11.6 Å². The number of benzene rings is 1. The fraction of sp³-hybridized carbons (Fsp3) is 0.474. The lowest BCUT2D eigenvalue weighted by atomic mass is 10.1. The summed E-state index contributed by atoms with van der Waals surface area (Å²) in [7, 11) is 3.66. The van der Waals surface area contributed by atoms with E-state index in [9.17, 15) is 4.39 Å². The molecule has 0 spiro atoms. The first-order chi connectivity index (χ1) is 13.0. The van der Waals surface area contributed by atoms with E-state index in [-0.39, 0.29) is 36.6 Å². The van der Waals surface area contributed by atoms with Gasteiger partial charge < -0.3 is 20.1 Å². The lowest BCUT2D eigenvalue weighted by molar-refractivity contribution is -0.0172. The summed E-state index contributed by atoms with van der Waals surface area (Å²) in [5.74, 6) is 1.14. The number of rotatable bonds is 5. The normalized spacial score (nSPS) is 13.4. The van der Waals surface area contributed by atoms with Crippen LogP contribution in [0.5, 0.6) is 5.75 Å². The molecule has 154 valence electrons. The molecule has 2 heterocycles. The van der Waals surface area contributed by atoms with E-state index in [1.54, 1.807) is 7.05 Å². The van der Waals surface area contributed by atoms with Gasteiger partial charge in [0, 0.05) is 44.0 Å². The molecule has 0 saturated heterocycles. The molecule has 28 heavy (non-hydrogen) atoms. The van der Waals surface area contributed by atoms with Crippen LogP contribution in [0.3, 0.4) is 0 Å². The zero-order valence-electron chi connectivity index (χ0n) is 16.6. The number of aliphatic imine (C=N–C) groups is 1. The number of hydrogen-bond donors (Lipinski definition) is 2. The predicted molar refractivity (Wildman–Crippen MR) is 117 cm³/mol. The van der Waals surface area contributed by atoms with E-state index < -0.39 is 0 Å². The van der Waals surface area contributed by atoms with E-state index in [0.29, 0.717) is 32.1 Å². The number of ether oxygens (including phenoxy) is 2. The van der Waals surface area contributed by atoms with Crippen LogP contribution in [0.1, 0.15) is 28.1 Å². The number of nitrogens with one attached hydrogen (secondary N) is 2. The summed E-state index contributed by atoms with van der Waals surface area (Å²) in [6, 6.07) is 2.98. The highest BCUT2D eigenvalue weighted by atomic mass is 127. The molecule has 2 N–H and O–H groups in total. The molecule has 7 nitrogen and oxygen atoms in total. The largest absolute Gasteiger partial charge is 0.467 e. The summed E-state index contributed by atoms with van der Waals surface area (Å²) in [4.78, 5) is 4.25. The van der Waals surface area contributed by atoms with Crippen molar-refractivity contribution < 1.29 is 13.9 Å². The number of guanidine groups is 1. The van der Waals surface area contributed by atoms with Crippen LogP contribution < -0.4 is 15.4 Å². The second-order valence-electron chi connectivity index (χ2n) is 6.54. The van der Waals surface area contributed by atoms with E-state index in [1.165, 1.54) is 12.1 Å². The highest BCUT2D eigenvalue weighted by Gasteiger charge is 2.17. The van der Waals surface area contributed by atoms with Gasteiger partial charge in [-0.2, -0.15) is 5.10 Å². The first-order valence-corrected chi connectivity index (χ1v) is 8.95. The second-order valence-corrected chi connectivity index (χ2v) is 6.54. The Morgan fingerprint density at radius 2 is 2.11 bits per heavy atom. The number of aromatic nitrogens is 2. The van der Waals surface area contributed by atoms with Crippen LogP contribution in [0.2, 0.25) is 0 Å². The maximum Gasteiger partial charge on any atom is 0.191 e. The molecule has 0 aliphatic carbocycles. The zero-order chi connectivity index (χ0) is 19.4. The fourth-order valence-electron chi connectivity index (χ4n) is 3.22. The van der Waals surface area contributed by atoms with E-state index in [0.717, 1.165) is 33.8 Å². The molecule has 9 heteroatoms. The van der Waals surface area contributed by atoms with Gasteiger partial charge >= 0.3 is 0 Å². The van der Waals surface area contributed by atoms with Crippen LogP contribution in [0.4, 0.5) is 4.39 Å². The van der Waals surface area contributed by atoms with Gasteiger partial charge in [-0.05, 0) is 38.0 Å². The van der Waals surface area contributed by atoms with Crippen molar-refractivity contribution in [3.05, 3.63) is 46.0 Å². The number of nitrogens with zero attached hydrogens (tertiary/aromatic N) is 3. The Balaban J connectivity index is 0.00000280. The van der Waals surface area contributed by atoms with Crippen molar-refractivity contribution in [2.24, 2.45) is 12.0 Å². The predicted octanol–water partition coefficient (Wildman–Crippen LogP) is 2.57. The minimum atomic E-state index is -0.275. The second kappa shape index (κ2) is 10.1. The first-order valence-electron chi connectivity index (χ1n) is 8.95. The Morgan fingerprint density at radius 1 is 1.32 bits per heavy atom. The molecule has 1 aromatic carbocycles. The molecule has 3 rings (SSSR count). The van der Waals surface area contributed by atoms with Crippen molar-refractivity contribution in [1.29, 1.82) is 0 Å². The maximum atomic E-state index is 13.8. The number of hydrogen-bond acceptors (Lipinski definition) is 4. The summed E-state index contributed by atoms with van der Waals surface area (Å²) in [5.41, 5.74) is 4.87. The molecule has 1 aromatic heterocycles. The molecular formula is C19H27FIN5O2. The highest BCUT2D eigenvalue weighted by molar-refractivity contribution is 14.0. The van der Waals surface area contributed by atoms with Gasteiger partial charge in [-0.25, -0.2) is 4.39 Å². The SMILES string of the molecule is CN=C(NCCc1cc(F)cc2c1OCOC2)NCc1c(C)nn(C)c1C.I. The summed E-state index contributed by atoms with van der Waals surface area (Å²) < 4.78 is 26.5. The maximum absolute atomic E-state index is 13.8. The van der Waals surface area contributed by atoms with E-state index in [4.69, 9.17) is 9.47 Å². The van der Waals surface area contributed by atoms with Crippen molar-refractivity contribution in [2.75, 3.05) is 20.4 Å². The fourth-order valence-corrected chi connectivity index (χ4v) is 3.22. The van der Waals surface area contributed by atoms with Crippen LogP contribution in [-0.4, -0.2) is 36.1 Å². The van der Waals surface area contributed by atoms with Crippen LogP contribution in [0, 0.1) is 19.7 Å². The molecule has 0 unspecified atom stereocenters. The van der Waals surface area contributed by atoms with E-state index in [2.05, 4.69) is 20.7 Å². The Labute approximate surface area is 181 Å². The van der Waals surface area contributed by atoms with Crippen molar-refractivity contribution in [3.63, 3.8) is 0 Å². The molecule has 0 radical (unpaired) electrons. The van der Waals surface area contributed by atoms with Gasteiger partial charge in [0.25, 0.3) is 0 Å². The van der Waals surface area contributed by atoms with Gasteiger partial charge in [0.05, 0.1) is 12.3 Å². The Hall–Kier alpha value is -1.88. The molecule has 1 aliphatic heterocycles. The number of halogens is 2. The van der Waals surface area contributed by atoms with Gasteiger partial charge in [0.2, 0.25) is 0 Å². The average Bonchev–Trinajstić information content (AvgIpc) is 2.89.